The fourth-order valence-electron chi connectivity index (χ4n) is 3.90. The smallest absolute Gasteiger partial charge is 0.277 e. The average molecular weight is 550 g/mol. The highest BCUT2D eigenvalue weighted by molar-refractivity contribution is 8.10. The summed E-state index contributed by atoms with van der Waals surface area (Å²) in [5, 5.41) is 11.4. The SMILES string of the molecule is COc1ccc(N(S(=O)(=O)c2ccccc2)S(=O)(=O)c2ccccc2)c(NCn2nnc3ccccc32)c1. The van der Waals surface area contributed by atoms with Crippen molar-refractivity contribution in [2.45, 2.75) is 16.5 Å². The standard InChI is InChI=1S/C26H23N5O5S2/c1-36-20-16-17-26(24(18-20)27-19-30-25-15-9-8-14-23(25)28-29-30)31(37(32,33)21-10-4-2-5-11-21)38(34,35)22-12-6-3-7-13-22/h2-18,27H,19H2,1H3. The Hall–Kier alpha value is -4.42. The van der Waals surface area contributed by atoms with Gasteiger partial charge in [-0.1, -0.05) is 53.7 Å². The Morgan fingerprint density at radius 3 is 1.97 bits per heavy atom. The van der Waals surface area contributed by atoms with E-state index in [1.165, 1.54) is 73.8 Å². The van der Waals surface area contributed by atoms with E-state index in [1.54, 1.807) is 16.8 Å². The maximum absolute atomic E-state index is 13.9. The number of ether oxygens (including phenoxy) is 1. The lowest BCUT2D eigenvalue weighted by Gasteiger charge is -2.26. The van der Waals surface area contributed by atoms with Crippen molar-refractivity contribution >= 4 is 42.5 Å². The third-order valence-corrected chi connectivity index (χ3v) is 9.94. The van der Waals surface area contributed by atoms with Crippen LogP contribution in [0, 0.1) is 0 Å². The Kier molecular flexibility index (Phi) is 6.74. The van der Waals surface area contributed by atoms with E-state index in [2.05, 4.69) is 15.6 Å². The molecule has 4 aromatic carbocycles. The predicted molar refractivity (Wildman–Crippen MR) is 144 cm³/mol. The molecule has 38 heavy (non-hydrogen) atoms. The molecule has 0 unspecified atom stereocenters. The maximum atomic E-state index is 13.9. The zero-order chi connectivity index (χ0) is 26.8. The van der Waals surface area contributed by atoms with Crippen LogP contribution < -0.4 is 13.8 Å². The number of methoxy groups -OCH3 is 1. The number of nitrogens with one attached hydrogen (secondary N) is 1. The molecule has 0 fully saturated rings. The Bertz CT molecular complexity index is 1720. The first-order valence-electron chi connectivity index (χ1n) is 11.4. The van der Waals surface area contributed by atoms with E-state index < -0.39 is 20.0 Å². The van der Waals surface area contributed by atoms with Crippen LogP contribution in [0.5, 0.6) is 5.75 Å². The Morgan fingerprint density at radius 2 is 1.37 bits per heavy atom. The molecule has 0 aliphatic heterocycles. The molecular weight excluding hydrogens is 526 g/mol. The quantitative estimate of drug-likeness (QED) is 0.292. The van der Waals surface area contributed by atoms with Gasteiger partial charge in [0.25, 0.3) is 20.0 Å². The van der Waals surface area contributed by atoms with Gasteiger partial charge in [-0.05, 0) is 48.5 Å². The lowest BCUT2D eigenvalue weighted by atomic mass is 10.2. The second-order valence-corrected chi connectivity index (χ2v) is 11.9. The monoisotopic (exact) mass is 549 g/mol. The van der Waals surface area contributed by atoms with Crippen LogP contribution in [0.3, 0.4) is 0 Å². The molecule has 1 heterocycles. The minimum absolute atomic E-state index is 0.0747. The number of fused-ring (bicyclic) bond motifs is 1. The second-order valence-electron chi connectivity index (χ2n) is 8.13. The number of aromatic nitrogens is 3. The first-order chi connectivity index (χ1) is 18.3. The second kappa shape index (κ2) is 10.1. The highest BCUT2D eigenvalue weighted by Gasteiger charge is 2.38. The number of hydrogen-bond donors (Lipinski definition) is 1. The molecule has 0 saturated carbocycles. The van der Waals surface area contributed by atoms with E-state index in [1.807, 2.05) is 24.3 Å². The molecule has 1 aromatic heterocycles. The molecule has 0 saturated heterocycles. The largest absolute Gasteiger partial charge is 0.497 e. The van der Waals surface area contributed by atoms with E-state index in [9.17, 15) is 16.8 Å². The topological polar surface area (TPSA) is 123 Å². The van der Waals surface area contributed by atoms with Gasteiger partial charge in [-0.25, -0.2) is 21.5 Å². The molecule has 5 aromatic rings. The van der Waals surface area contributed by atoms with E-state index in [0.717, 1.165) is 5.52 Å². The number of hydrogen-bond acceptors (Lipinski definition) is 8. The summed E-state index contributed by atoms with van der Waals surface area (Å²) in [7, 11) is -7.70. The summed E-state index contributed by atoms with van der Waals surface area (Å²) in [5.41, 5.74) is 1.51. The number of rotatable bonds is 9. The molecule has 1 N–H and O–H groups in total. The van der Waals surface area contributed by atoms with Crippen molar-refractivity contribution in [3.05, 3.63) is 103 Å². The number of anilines is 2. The number of sulfonamides is 2. The van der Waals surface area contributed by atoms with Crippen molar-refractivity contribution in [3.63, 3.8) is 0 Å². The Balaban J connectivity index is 1.67. The summed E-state index contributed by atoms with van der Waals surface area (Å²) in [6, 6.07) is 26.6. The number of benzene rings is 4. The molecule has 0 spiro atoms. The fraction of sp³-hybridized carbons (Fsp3) is 0.0769. The zero-order valence-electron chi connectivity index (χ0n) is 20.2. The predicted octanol–water partition coefficient (Wildman–Crippen LogP) is 4.09. The van der Waals surface area contributed by atoms with Crippen LogP contribution in [0.15, 0.2) is 113 Å². The lowest BCUT2D eigenvalue weighted by Crippen LogP contribution is -2.37. The molecule has 0 aliphatic rings. The average Bonchev–Trinajstić information content (AvgIpc) is 3.36. The van der Waals surface area contributed by atoms with Crippen molar-refractivity contribution in [2.75, 3.05) is 16.1 Å². The van der Waals surface area contributed by atoms with E-state index in [0.29, 0.717) is 15.0 Å². The summed E-state index contributed by atoms with van der Waals surface area (Å²) in [6.45, 7) is 0.0747. The van der Waals surface area contributed by atoms with Gasteiger partial charge >= 0.3 is 0 Å². The van der Waals surface area contributed by atoms with Gasteiger partial charge in [-0.2, -0.15) is 3.71 Å². The first-order valence-corrected chi connectivity index (χ1v) is 14.3. The maximum Gasteiger partial charge on any atom is 0.277 e. The van der Waals surface area contributed by atoms with E-state index in [-0.39, 0.29) is 27.8 Å². The summed E-state index contributed by atoms with van der Waals surface area (Å²) in [5.74, 6) is 0.397. The third kappa shape index (κ3) is 4.66. The van der Waals surface area contributed by atoms with Gasteiger partial charge in [-0.3, -0.25) is 0 Å². The van der Waals surface area contributed by atoms with E-state index >= 15 is 0 Å². The molecule has 0 bridgehead atoms. The van der Waals surface area contributed by atoms with Crippen LogP contribution in [0.25, 0.3) is 11.0 Å². The van der Waals surface area contributed by atoms with Crippen LogP contribution in [0.1, 0.15) is 0 Å². The molecule has 0 aliphatic carbocycles. The van der Waals surface area contributed by atoms with Gasteiger partial charge < -0.3 is 10.1 Å². The van der Waals surface area contributed by atoms with Crippen molar-refractivity contribution < 1.29 is 21.6 Å². The third-order valence-electron chi connectivity index (χ3n) is 5.76. The molecule has 0 amide bonds. The zero-order valence-corrected chi connectivity index (χ0v) is 21.8. The summed E-state index contributed by atoms with van der Waals surface area (Å²) < 4.78 is 63.1. The molecule has 12 heteroatoms. The summed E-state index contributed by atoms with van der Waals surface area (Å²) in [4.78, 5) is -0.355. The Morgan fingerprint density at radius 1 is 0.789 bits per heavy atom. The van der Waals surface area contributed by atoms with Crippen molar-refractivity contribution in [1.82, 2.24) is 15.0 Å². The van der Waals surface area contributed by atoms with Crippen molar-refractivity contribution in [2.24, 2.45) is 0 Å². The van der Waals surface area contributed by atoms with Gasteiger partial charge in [0.2, 0.25) is 0 Å². The van der Waals surface area contributed by atoms with Crippen molar-refractivity contribution in [3.8, 4) is 5.75 Å². The molecule has 194 valence electrons. The first kappa shape index (κ1) is 25.2. The number of nitrogens with zero attached hydrogens (tertiary/aromatic N) is 4. The van der Waals surface area contributed by atoms with Crippen LogP contribution >= 0.6 is 0 Å². The van der Waals surface area contributed by atoms with Crippen LogP contribution in [0.2, 0.25) is 0 Å². The highest BCUT2D eigenvalue weighted by Crippen LogP contribution is 2.38. The van der Waals surface area contributed by atoms with Gasteiger partial charge in [0.15, 0.2) is 0 Å². The molecule has 0 atom stereocenters. The van der Waals surface area contributed by atoms with Gasteiger partial charge in [0, 0.05) is 6.07 Å². The highest BCUT2D eigenvalue weighted by atomic mass is 32.3. The lowest BCUT2D eigenvalue weighted by molar-refractivity contribution is 0.415. The number of para-hydroxylation sites is 1. The minimum Gasteiger partial charge on any atom is -0.497 e. The Labute approximate surface area is 220 Å². The minimum atomic E-state index is -4.58. The molecular formula is C26H23N5O5S2. The van der Waals surface area contributed by atoms with Gasteiger partial charge in [0.05, 0.1) is 33.8 Å². The van der Waals surface area contributed by atoms with Gasteiger partial charge in [-0.15, -0.1) is 5.10 Å². The van der Waals surface area contributed by atoms with Crippen LogP contribution in [-0.2, 0) is 26.7 Å². The van der Waals surface area contributed by atoms with Crippen LogP contribution in [0.4, 0.5) is 11.4 Å². The normalized spacial score (nSPS) is 11.8. The molecule has 0 radical (unpaired) electrons. The fourth-order valence-corrected chi connectivity index (χ4v) is 7.67. The summed E-state index contributed by atoms with van der Waals surface area (Å²) >= 11 is 0. The van der Waals surface area contributed by atoms with Crippen LogP contribution in [-0.4, -0.2) is 38.9 Å². The van der Waals surface area contributed by atoms with Gasteiger partial charge in [0.1, 0.15) is 17.9 Å². The van der Waals surface area contributed by atoms with E-state index in [4.69, 9.17) is 4.74 Å². The van der Waals surface area contributed by atoms with Crippen molar-refractivity contribution in [1.29, 1.82) is 0 Å². The summed E-state index contributed by atoms with van der Waals surface area (Å²) in [6.07, 6.45) is 0. The molecule has 10 nitrogen and oxygen atoms in total. The molecule has 5 rings (SSSR count).